The molecule has 3 heteroatoms. The second-order valence-corrected chi connectivity index (χ2v) is 5.53. The Labute approximate surface area is 110 Å². The second-order valence-electron chi connectivity index (χ2n) is 5.53. The van der Waals surface area contributed by atoms with Crippen LogP contribution in [0.5, 0.6) is 0 Å². The van der Waals surface area contributed by atoms with Crippen molar-refractivity contribution < 1.29 is 4.79 Å². The van der Waals surface area contributed by atoms with E-state index in [0.29, 0.717) is 30.0 Å². The molecule has 0 radical (unpaired) electrons. The molecular weight excluding hydrogens is 224 g/mol. The molecule has 0 spiro atoms. The van der Waals surface area contributed by atoms with Gasteiger partial charge in [0.1, 0.15) is 5.69 Å². The number of pyridine rings is 1. The zero-order valence-corrected chi connectivity index (χ0v) is 12.0. The Hall–Kier alpha value is -1.38. The maximum atomic E-state index is 12.0. The lowest BCUT2D eigenvalue weighted by Gasteiger charge is -2.24. The molecule has 0 unspecified atom stereocenters. The normalized spacial score (nSPS) is 11.3. The van der Waals surface area contributed by atoms with Crippen LogP contribution in [0.2, 0.25) is 0 Å². The molecule has 0 aliphatic heterocycles. The van der Waals surface area contributed by atoms with Gasteiger partial charge in [0.05, 0.1) is 0 Å². The summed E-state index contributed by atoms with van der Waals surface area (Å²) in [6, 6.07) is 5.50. The van der Waals surface area contributed by atoms with Gasteiger partial charge in [-0.15, -0.1) is 0 Å². The first-order valence-corrected chi connectivity index (χ1v) is 6.63. The van der Waals surface area contributed by atoms with Crippen LogP contribution in [0.3, 0.4) is 0 Å². The van der Waals surface area contributed by atoms with Crippen LogP contribution < -0.4 is 5.32 Å². The van der Waals surface area contributed by atoms with E-state index < -0.39 is 0 Å². The van der Waals surface area contributed by atoms with E-state index in [1.165, 1.54) is 0 Å². The van der Waals surface area contributed by atoms with Crippen molar-refractivity contribution in [1.82, 2.24) is 10.3 Å². The highest BCUT2D eigenvalue weighted by Crippen LogP contribution is 2.19. The van der Waals surface area contributed by atoms with Crippen molar-refractivity contribution in [2.75, 3.05) is 6.54 Å². The minimum atomic E-state index is -0.0787. The number of nitrogens with zero attached hydrogens (tertiary/aromatic N) is 1. The summed E-state index contributed by atoms with van der Waals surface area (Å²) in [4.78, 5) is 16.2. The van der Waals surface area contributed by atoms with E-state index in [9.17, 15) is 4.79 Å². The van der Waals surface area contributed by atoms with E-state index in [-0.39, 0.29) is 5.91 Å². The van der Waals surface area contributed by atoms with Crippen LogP contribution in [0.25, 0.3) is 0 Å². The van der Waals surface area contributed by atoms with Crippen LogP contribution in [0, 0.1) is 24.7 Å². The first-order chi connectivity index (χ1) is 8.41. The Morgan fingerprint density at radius 3 is 2.33 bits per heavy atom. The fourth-order valence-electron chi connectivity index (χ4n) is 2.21. The Morgan fingerprint density at radius 2 is 1.83 bits per heavy atom. The average Bonchev–Trinajstić information content (AvgIpc) is 2.28. The molecule has 1 aromatic rings. The number of carbonyl (C=O) groups excluding carboxylic acids is 1. The number of aryl methyl sites for hydroxylation is 1. The highest BCUT2D eigenvalue weighted by Gasteiger charge is 2.18. The van der Waals surface area contributed by atoms with E-state index in [4.69, 9.17) is 0 Å². The van der Waals surface area contributed by atoms with Gasteiger partial charge in [-0.1, -0.05) is 33.8 Å². The average molecular weight is 248 g/mol. The van der Waals surface area contributed by atoms with Crippen LogP contribution in [0.15, 0.2) is 18.2 Å². The van der Waals surface area contributed by atoms with Gasteiger partial charge in [-0.2, -0.15) is 0 Å². The Kier molecular flexibility index (Phi) is 5.32. The molecular formula is C15H24N2O. The maximum Gasteiger partial charge on any atom is 0.269 e. The molecule has 0 saturated heterocycles. The van der Waals surface area contributed by atoms with E-state index in [1.807, 2.05) is 19.1 Å². The summed E-state index contributed by atoms with van der Waals surface area (Å²) in [6.45, 7) is 11.4. The summed E-state index contributed by atoms with van der Waals surface area (Å²) < 4.78 is 0. The SMILES string of the molecule is Cc1cccc(C(=O)NCC(C(C)C)C(C)C)n1. The lowest BCUT2D eigenvalue weighted by molar-refractivity contribution is 0.0932. The number of hydrogen-bond donors (Lipinski definition) is 1. The van der Waals surface area contributed by atoms with Gasteiger partial charge in [0, 0.05) is 12.2 Å². The number of amides is 1. The van der Waals surface area contributed by atoms with Crippen molar-refractivity contribution in [3.05, 3.63) is 29.6 Å². The third kappa shape index (κ3) is 4.13. The molecule has 0 fully saturated rings. The lowest BCUT2D eigenvalue weighted by atomic mass is 9.85. The number of aromatic nitrogens is 1. The van der Waals surface area contributed by atoms with Gasteiger partial charge < -0.3 is 5.32 Å². The topological polar surface area (TPSA) is 42.0 Å². The largest absolute Gasteiger partial charge is 0.350 e. The van der Waals surface area contributed by atoms with Gasteiger partial charge >= 0.3 is 0 Å². The number of carbonyl (C=O) groups is 1. The molecule has 1 heterocycles. The molecule has 1 rings (SSSR count). The summed E-state index contributed by atoms with van der Waals surface area (Å²) in [5.41, 5.74) is 1.37. The quantitative estimate of drug-likeness (QED) is 0.870. The van der Waals surface area contributed by atoms with Gasteiger partial charge in [-0.05, 0) is 36.8 Å². The summed E-state index contributed by atoms with van der Waals surface area (Å²) in [5.74, 6) is 1.55. The maximum absolute atomic E-state index is 12.0. The first kappa shape index (κ1) is 14.7. The van der Waals surface area contributed by atoms with Gasteiger partial charge in [0.2, 0.25) is 0 Å². The first-order valence-electron chi connectivity index (χ1n) is 6.63. The van der Waals surface area contributed by atoms with Gasteiger partial charge in [-0.25, -0.2) is 4.98 Å². The molecule has 1 N–H and O–H groups in total. The smallest absolute Gasteiger partial charge is 0.269 e. The van der Waals surface area contributed by atoms with Crippen LogP contribution in [-0.2, 0) is 0 Å². The fraction of sp³-hybridized carbons (Fsp3) is 0.600. The highest BCUT2D eigenvalue weighted by atomic mass is 16.1. The van der Waals surface area contributed by atoms with Gasteiger partial charge in [0.25, 0.3) is 5.91 Å². The molecule has 0 aliphatic carbocycles. The highest BCUT2D eigenvalue weighted by molar-refractivity contribution is 5.92. The standard InChI is InChI=1S/C15H24N2O/c1-10(2)13(11(3)4)9-16-15(18)14-8-6-7-12(5)17-14/h6-8,10-11,13H,9H2,1-5H3,(H,16,18). The molecule has 0 atom stereocenters. The third-order valence-corrected chi connectivity index (χ3v) is 3.33. The molecule has 0 aromatic carbocycles. The minimum Gasteiger partial charge on any atom is -0.350 e. The monoisotopic (exact) mass is 248 g/mol. The van der Waals surface area contributed by atoms with E-state index >= 15 is 0 Å². The van der Waals surface area contributed by atoms with Gasteiger partial charge in [0.15, 0.2) is 0 Å². The Balaban J connectivity index is 2.60. The molecule has 0 bridgehead atoms. The molecule has 3 nitrogen and oxygen atoms in total. The Bertz CT molecular complexity index is 391. The third-order valence-electron chi connectivity index (χ3n) is 3.33. The molecule has 100 valence electrons. The zero-order chi connectivity index (χ0) is 13.7. The van der Waals surface area contributed by atoms with E-state index in [0.717, 1.165) is 5.69 Å². The van der Waals surface area contributed by atoms with Crippen molar-refractivity contribution >= 4 is 5.91 Å². The summed E-state index contributed by atoms with van der Waals surface area (Å²) in [5, 5.41) is 2.99. The molecule has 0 aliphatic rings. The van der Waals surface area contributed by atoms with Crippen LogP contribution in [-0.4, -0.2) is 17.4 Å². The second kappa shape index (κ2) is 6.53. The predicted octanol–water partition coefficient (Wildman–Crippen LogP) is 3.05. The predicted molar refractivity (Wildman–Crippen MR) is 74.5 cm³/mol. The van der Waals surface area contributed by atoms with Crippen LogP contribution in [0.4, 0.5) is 0 Å². The number of rotatable bonds is 5. The van der Waals surface area contributed by atoms with Gasteiger partial charge in [-0.3, -0.25) is 4.79 Å². The van der Waals surface area contributed by atoms with Crippen molar-refractivity contribution in [2.45, 2.75) is 34.6 Å². The van der Waals surface area contributed by atoms with Crippen molar-refractivity contribution in [1.29, 1.82) is 0 Å². The Morgan fingerprint density at radius 1 is 1.22 bits per heavy atom. The van der Waals surface area contributed by atoms with E-state index in [1.54, 1.807) is 6.07 Å². The minimum absolute atomic E-state index is 0.0787. The van der Waals surface area contributed by atoms with Crippen molar-refractivity contribution in [3.8, 4) is 0 Å². The molecule has 1 amide bonds. The van der Waals surface area contributed by atoms with Crippen molar-refractivity contribution in [3.63, 3.8) is 0 Å². The van der Waals surface area contributed by atoms with Crippen molar-refractivity contribution in [2.24, 2.45) is 17.8 Å². The fourth-order valence-corrected chi connectivity index (χ4v) is 2.21. The summed E-state index contributed by atoms with van der Waals surface area (Å²) >= 11 is 0. The molecule has 0 saturated carbocycles. The number of nitrogens with one attached hydrogen (secondary N) is 1. The molecule has 18 heavy (non-hydrogen) atoms. The number of hydrogen-bond acceptors (Lipinski definition) is 2. The summed E-state index contributed by atoms with van der Waals surface area (Å²) in [7, 11) is 0. The summed E-state index contributed by atoms with van der Waals surface area (Å²) in [6.07, 6.45) is 0. The molecule has 1 aromatic heterocycles. The van der Waals surface area contributed by atoms with E-state index in [2.05, 4.69) is 38.0 Å². The lowest BCUT2D eigenvalue weighted by Crippen LogP contribution is -2.34. The zero-order valence-electron chi connectivity index (χ0n) is 12.0. The van der Waals surface area contributed by atoms with Crippen LogP contribution >= 0.6 is 0 Å². The van der Waals surface area contributed by atoms with Crippen LogP contribution in [0.1, 0.15) is 43.9 Å².